The molecule has 0 spiro atoms. The predicted molar refractivity (Wildman–Crippen MR) is 107 cm³/mol. The van der Waals surface area contributed by atoms with Crippen molar-refractivity contribution in [3.05, 3.63) is 53.6 Å². The second-order valence-corrected chi connectivity index (χ2v) is 7.61. The Kier molecular flexibility index (Phi) is 5.13. The second kappa shape index (κ2) is 7.87. The van der Waals surface area contributed by atoms with Gasteiger partial charge in [0.25, 0.3) is 11.1 Å². The van der Waals surface area contributed by atoms with Crippen molar-refractivity contribution < 1.29 is 14.3 Å². The van der Waals surface area contributed by atoms with Gasteiger partial charge in [-0.15, -0.1) is 0 Å². The number of benzene rings is 2. The third kappa shape index (κ3) is 3.78. The molecule has 2 heterocycles. The molecule has 0 atom stereocenters. The third-order valence-electron chi connectivity index (χ3n) is 4.83. The number of hydrogen-bond acceptors (Lipinski definition) is 6. The number of nitriles is 1. The quantitative estimate of drug-likeness (QED) is 0.673. The normalized spacial score (nSPS) is 14.6. The van der Waals surface area contributed by atoms with Gasteiger partial charge in [-0.2, -0.15) is 5.26 Å². The lowest BCUT2D eigenvalue weighted by atomic mass is 10.1. The van der Waals surface area contributed by atoms with E-state index in [0.717, 1.165) is 28.8 Å². The van der Waals surface area contributed by atoms with Crippen LogP contribution in [0, 0.1) is 11.3 Å². The van der Waals surface area contributed by atoms with Crippen LogP contribution in [-0.4, -0.2) is 42.1 Å². The van der Waals surface area contributed by atoms with E-state index in [0.29, 0.717) is 29.4 Å². The summed E-state index contributed by atoms with van der Waals surface area (Å²) < 4.78 is 12.4. The highest BCUT2D eigenvalue weighted by molar-refractivity contribution is 7.20. The number of likely N-dealkylation sites (tertiary alicyclic amines) is 1. The number of carbonyl (C=O) groups excluding carboxylic acids is 1. The summed E-state index contributed by atoms with van der Waals surface area (Å²) in [6, 6.07) is 14.6. The van der Waals surface area contributed by atoms with Gasteiger partial charge in [0.15, 0.2) is 0 Å². The standard InChI is InChI=1S/C21H19N3O3S/c1-26-17-6-7-19-18(12-17)23-21(28-19)27-16-8-10-24(11-9-16)20(25)15-4-2-14(13-22)3-5-15/h2-7,12,16H,8-11H2,1H3. The van der Waals surface area contributed by atoms with Crippen molar-refractivity contribution in [3.8, 4) is 17.0 Å². The van der Waals surface area contributed by atoms with Gasteiger partial charge in [0.2, 0.25) is 0 Å². The van der Waals surface area contributed by atoms with Crippen LogP contribution in [0.5, 0.6) is 10.9 Å². The molecule has 0 bridgehead atoms. The van der Waals surface area contributed by atoms with Crippen molar-refractivity contribution in [1.29, 1.82) is 5.26 Å². The van der Waals surface area contributed by atoms with Crippen LogP contribution in [-0.2, 0) is 0 Å². The van der Waals surface area contributed by atoms with E-state index in [9.17, 15) is 4.79 Å². The minimum Gasteiger partial charge on any atom is -0.497 e. The number of methoxy groups -OCH3 is 1. The van der Waals surface area contributed by atoms with E-state index in [1.54, 1.807) is 31.4 Å². The van der Waals surface area contributed by atoms with Crippen LogP contribution in [0.1, 0.15) is 28.8 Å². The van der Waals surface area contributed by atoms with Crippen LogP contribution in [0.4, 0.5) is 0 Å². The molecular weight excluding hydrogens is 374 g/mol. The van der Waals surface area contributed by atoms with Gasteiger partial charge in [-0.25, -0.2) is 4.98 Å². The summed E-state index contributed by atoms with van der Waals surface area (Å²) in [5.41, 5.74) is 2.03. The number of thiazole rings is 1. The zero-order valence-electron chi connectivity index (χ0n) is 15.4. The van der Waals surface area contributed by atoms with E-state index in [2.05, 4.69) is 11.1 Å². The number of piperidine rings is 1. The molecule has 1 saturated heterocycles. The molecule has 28 heavy (non-hydrogen) atoms. The Morgan fingerprint density at radius 3 is 2.64 bits per heavy atom. The molecule has 142 valence electrons. The lowest BCUT2D eigenvalue weighted by Gasteiger charge is -2.31. The van der Waals surface area contributed by atoms with Crippen molar-refractivity contribution >= 4 is 27.5 Å². The largest absolute Gasteiger partial charge is 0.497 e. The molecule has 0 radical (unpaired) electrons. The molecule has 1 aliphatic rings. The van der Waals surface area contributed by atoms with Gasteiger partial charge in [0.05, 0.1) is 29.0 Å². The average molecular weight is 393 g/mol. The van der Waals surface area contributed by atoms with E-state index in [1.807, 2.05) is 23.1 Å². The SMILES string of the molecule is COc1ccc2sc(OC3CCN(C(=O)c4ccc(C#N)cc4)CC3)nc2c1. The number of carbonyl (C=O) groups is 1. The summed E-state index contributed by atoms with van der Waals surface area (Å²) in [5.74, 6) is 0.772. The minimum absolute atomic E-state index is 0.00461. The Bertz CT molecular complexity index is 1030. The molecule has 0 saturated carbocycles. The molecule has 2 aromatic carbocycles. The first kappa shape index (κ1) is 18.3. The zero-order chi connectivity index (χ0) is 19.5. The van der Waals surface area contributed by atoms with Gasteiger partial charge in [-0.3, -0.25) is 4.79 Å². The van der Waals surface area contributed by atoms with Crippen molar-refractivity contribution in [2.24, 2.45) is 0 Å². The fourth-order valence-corrected chi connectivity index (χ4v) is 4.11. The highest BCUT2D eigenvalue weighted by Crippen LogP contribution is 2.32. The number of aromatic nitrogens is 1. The second-order valence-electron chi connectivity index (χ2n) is 6.61. The summed E-state index contributed by atoms with van der Waals surface area (Å²) in [4.78, 5) is 19.0. The maximum absolute atomic E-state index is 12.6. The third-order valence-corrected chi connectivity index (χ3v) is 5.76. The summed E-state index contributed by atoms with van der Waals surface area (Å²) in [7, 11) is 1.64. The molecule has 0 unspecified atom stereocenters. The molecule has 1 amide bonds. The van der Waals surface area contributed by atoms with Gasteiger partial charge >= 0.3 is 0 Å². The molecule has 7 heteroatoms. The van der Waals surface area contributed by atoms with E-state index in [-0.39, 0.29) is 12.0 Å². The number of nitrogens with zero attached hydrogens (tertiary/aromatic N) is 3. The molecule has 1 fully saturated rings. The number of hydrogen-bond donors (Lipinski definition) is 0. The molecular formula is C21H19N3O3S. The monoisotopic (exact) mass is 393 g/mol. The molecule has 3 aromatic rings. The smallest absolute Gasteiger partial charge is 0.274 e. The van der Waals surface area contributed by atoms with E-state index in [1.165, 1.54) is 11.3 Å². The van der Waals surface area contributed by atoms with Crippen LogP contribution in [0.3, 0.4) is 0 Å². The molecule has 0 N–H and O–H groups in total. The first-order valence-corrected chi connectivity index (χ1v) is 9.88. The summed E-state index contributed by atoms with van der Waals surface area (Å²) >= 11 is 1.52. The Morgan fingerprint density at radius 1 is 1.21 bits per heavy atom. The molecule has 1 aliphatic heterocycles. The van der Waals surface area contributed by atoms with Crippen LogP contribution < -0.4 is 9.47 Å². The number of fused-ring (bicyclic) bond motifs is 1. The highest BCUT2D eigenvalue weighted by Gasteiger charge is 2.25. The zero-order valence-corrected chi connectivity index (χ0v) is 16.2. The Balaban J connectivity index is 1.36. The topological polar surface area (TPSA) is 75.5 Å². The average Bonchev–Trinajstić information content (AvgIpc) is 3.15. The number of ether oxygens (including phenoxy) is 2. The van der Waals surface area contributed by atoms with Crippen molar-refractivity contribution in [2.45, 2.75) is 18.9 Å². The predicted octanol–water partition coefficient (Wildman–Crippen LogP) is 3.86. The van der Waals surface area contributed by atoms with Gasteiger partial charge in [0.1, 0.15) is 11.9 Å². The number of rotatable bonds is 4. The Labute approximate surface area is 166 Å². The van der Waals surface area contributed by atoms with Crippen molar-refractivity contribution in [3.63, 3.8) is 0 Å². The van der Waals surface area contributed by atoms with Crippen molar-refractivity contribution in [1.82, 2.24) is 9.88 Å². The van der Waals surface area contributed by atoms with Gasteiger partial charge in [-0.05, 0) is 36.4 Å². The lowest BCUT2D eigenvalue weighted by Crippen LogP contribution is -2.41. The fraction of sp³-hybridized carbons (Fsp3) is 0.286. The minimum atomic E-state index is -0.00461. The molecule has 0 aliphatic carbocycles. The Morgan fingerprint density at radius 2 is 1.96 bits per heavy atom. The van der Waals surface area contributed by atoms with E-state index < -0.39 is 0 Å². The van der Waals surface area contributed by atoms with Gasteiger partial charge < -0.3 is 14.4 Å². The maximum atomic E-state index is 12.6. The van der Waals surface area contributed by atoms with E-state index >= 15 is 0 Å². The van der Waals surface area contributed by atoms with Crippen LogP contribution >= 0.6 is 11.3 Å². The fourth-order valence-electron chi connectivity index (χ4n) is 3.25. The molecule has 6 nitrogen and oxygen atoms in total. The summed E-state index contributed by atoms with van der Waals surface area (Å²) in [6.07, 6.45) is 1.58. The van der Waals surface area contributed by atoms with Gasteiger partial charge in [-0.1, -0.05) is 11.3 Å². The van der Waals surface area contributed by atoms with Crippen LogP contribution in [0.2, 0.25) is 0 Å². The summed E-state index contributed by atoms with van der Waals surface area (Å²) in [5, 5.41) is 9.52. The first-order valence-electron chi connectivity index (χ1n) is 9.07. The van der Waals surface area contributed by atoms with Crippen LogP contribution in [0.25, 0.3) is 10.2 Å². The first-order chi connectivity index (χ1) is 13.7. The maximum Gasteiger partial charge on any atom is 0.274 e. The lowest BCUT2D eigenvalue weighted by molar-refractivity contribution is 0.0595. The van der Waals surface area contributed by atoms with E-state index in [4.69, 9.17) is 14.7 Å². The van der Waals surface area contributed by atoms with Gasteiger partial charge in [0, 0.05) is 37.6 Å². The number of amides is 1. The Hall–Kier alpha value is -3.11. The summed E-state index contributed by atoms with van der Waals surface area (Å²) in [6.45, 7) is 1.28. The van der Waals surface area contributed by atoms with Crippen LogP contribution in [0.15, 0.2) is 42.5 Å². The van der Waals surface area contributed by atoms with Crippen molar-refractivity contribution in [2.75, 3.05) is 20.2 Å². The molecule has 1 aromatic heterocycles. The highest BCUT2D eigenvalue weighted by atomic mass is 32.1. The molecule has 4 rings (SSSR count).